The molecule has 110 valence electrons. The molecule has 0 bridgehead atoms. The molecule has 1 atom stereocenters. The van der Waals surface area contributed by atoms with Gasteiger partial charge in [-0.25, -0.2) is 0 Å². The lowest BCUT2D eigenvalue weighted by Crippen LogP contribution is -2.03. The van der Waals surface area contributed by atoms with Crippen LogP contribution >= 0.6 is 0 Å². The van der Waals surface area contributed by atoms with E-state index in [0.29, 0.717) is 11.5 Å². The maximum atomic E-state index is 10.6. The van der Waals surface area contributed by atoms with Gasteiger partial charge in [0.05, 0.1) is 14.2 Å². The van der Waals surface area contributed by atoms with Crippen LogP contribution in [0, 0.1) is 0 Å². The van der Waals surface area contributed by atoms with E-state index >= 15 is 0 Å². The molecule has 1 aliphatic carbocycles. The maximum Gasteiger partial charge on any atom is 0.125 e. The van der Waals surface area contributed by atoms with Crippen molar-refractivity contribution in [2.75, 3.05) is 14.2 Å². The molecule has 3 heteroatoms. The average Bonchev–Trinajstić information content (AvgIpc) is 3.38. The van der Waals surface area contributed by atoms with Gasteiger partial charge in [-0.1, -0.05) is 24.3 Å². The third kappa shape index (κ3) is 2.88. The molecule has 1 unspecified atom stereocenters. The van der Waals surface area contributed by atoms with Crippen molar-refractivity contribution in [1.29, 1.82) is 0 Å². The van der Waals surface area contributed by atoms with Crippen molar-refractivity contribution in [1.82, 2.24) is 0 Å². The van der Waals surface area contributed by atoms with E-state index < -0.39 is 6.10 Å². The zero-order chi connectivity index (χ0) is 14.8. The highest BCUT2D eigenvalue weighted by molar-refractivity contribution is 5.45. The fraction of sp³-hybridized carbons (Fsp3) is 0.333. The quantitative estimate of drug-likeness (QED) is 0.910. The van der Waals surface area contributed by atoms with Crippen LogP contribution in [0.15, 0.2) is 42.5 Å². The number of benzene rings is 2. The third-order valence-corrected chi connectivity index (χ3v) is 4.03. The molecule has 2 aromatic carbocycles. The summed E-state index contributed by atoms with van der Waals surface area (Å²) in [4.78, 5) is 0. The van der Waals surface area contributed by atoms with E-state index in [2.05, 4.69) is 12.1 Å². The number of aliphatic hydroxyl groups excluding tert-OH is 1. The van der Waals surface area contributed by atoms with Crippen LogP contribution in [0.2, 0.25) is 0 Å². The molecule has 0 radical (unpaired) electrons. The molecule has 1 aliphatic rings. The van der Waals surface area contributed by atoms with Crippen molar-refractivity contribution in [2.24, 2.45) is 0 Å². The van der Waals surface area contributed by atoms with Gasteiger partial charge >= 0.3 is 0 Å². The lowest BCUT2D eigenvalue weighted by atomic mass is 9.98. The van der Waals surface area contributed by atoms with Crippen LogP contribution in [0.1, 0.15) is 41.6 Å². The number of hydrogen-bond donors (Lipinski definition) is 1. The number of rotatable bonds is 5. The van der Waals surface area contributed by atoms with Gasteiger partial charge in [-0.05, 0) is 48.1 Å². The summed E-state index contributed by atoms with van der Waals surface area (Å²) >= 11 is 0. The normalized spacial score (nSPS) is 15.6. The fourth-order valence-electron chi connectivity index (χ4n) is 2.60. The Morgan fingerprint density at radius 3 is 2.29 bits per heavy atom. The predicted molar refractivity (Wildman–Crippen MR) is 82.0 cm³/mol. The predicted octanol–water partition coefficient (Wildman–Crippen LogP) is 3.66. The number of aliphatic hydroxyl groups is 1. The monoisotopic (exact) mass is 284 g/mol. The molecule has 0 saturated heterocycles. The van der Waals surface area contributed by atoms with Gasteiger partial charge in [-0.3, -0.25) is 0 Å². The molecular formula is C18H20O3. The van der Waals surface area contributed by atoms with E-state index in [0.717, 1.165) is 17.0 Å². The summed E-state index contributed by atoms with van der Waals surface area (Å²) in [6.45, 7) is 0. The lowest BCUT2D eigenvalue weighted by Gasteiger charge is -2.16. The molecule has 21 heavy (non-hydrogen) atoms. The number of hydrogen-bond acceptors (Lipinski definition) is 3. The van der Waals surface area contributed by atoms with Crippen LogP contribution in [0.25, 0.3) is 0 Å². The van der Waals surface area contributed by atoms with Gasteiger partial charge in [0, 0.05) is 5.56 Å². The number of methoxy groups -OCH3 is 2. The van der Waals surface area contributed by atoms with Crippen LogP contribution in [0.3, 0.4) is 0 Å². The highest BCUT2D eigenvalue weighted by atomic mass is 16.5. The smallest absolute Gasteiger partial charge is 0.125 e. The van der Waals surface area contributed by atoms with Gasteiger partial charge in [0.15, 0.2) is 0 Å². The van der Waals surface area contributed by atoms with E-state index in [1.807, 2.05) is 30.3 Å². The van der Waals surface area contributed by atoms with Crippen molar-refractivity contribution in [3.63, 3.8) is 0 Å². The second kappa shape index (κ2) is 5.78. The Labute approximate surface area is 125 Å². The van der Waals surface area contributed by atoms with E-state index in [1.165, 1.54) is 18.4 Å². The van der Waals surface area contributed by atoms with Crippen LogP contribution in [-0.2, 0) is 0 Å². The first-order chi connectivity index (χ1) is 10.2. The van der Waals surface area contributed by atoms with Crippen molar-refractivity contribution in [3.8, 4) is 11.5 Å². The minimum Gasteiger partial charge on any atom is -0.497 e. The van der Waals surface area contributed by atoms with Crippen LogP contribution < -0.4 is 9.47 Å². The lowest BCUT2D eigenvalue weighted by molar-refractivity contribution is 0.214. The van der Waals surface area contributed by atoms with Gasteiger partial charge in [-0.15, -0.1) is 0 Å². The molecule has 1 saturated carbocycles. The van der Waals surface area contributed by atoms with Gasteiger partial charge in [-0.2, -0.15) is 0 Å². The number of ether oxygens (including phenoxy) is 2. The standard InChI is InChI=1S/C18H20O3/c1-20-15-9-10-17(21-2)16(11-15)18(19)14-7-5-13(6-8-14)12-3-4-12/h5-12,18-19H,3-4H2,1-2H3. The zero-order valence-electron chi connectivity index (χ0n) is 12.4. The first-order valence-electron chi connectivity index (χ1n) is 7.22. The molecule has 3 nitrogen and oxygen atoms in total. The fourth-order valence-corrected chi connectivity index (χ4v) is 2.60. The minimum atomic E-state index is -0.719. The highest BCUT2D eigenvalue weighted by Crippen LogP contribution is 2.40. The summed E-state index contributed by atoms with van der Waals surface area (Å²) in [5.74, 6) is 2.09. The van der Waals surface area contributed by atoms with Crippen LogP contribution in [-0.4, -0.2) is 19.3 Å². The second-order valence-electron chi connectivity index (χ2n) is 5.45. The topological polar surface area (TPSA) is 38.7 Å². The Hall–Kier alpha value is -2.00. The molecule has 0 spiro atoms. The molecular weight excluding hydrogens is 264 g/mol. The third-order valence-electron chi connectivity index (χ3n) is 4.03. The molecule has 1 fully saturated rings. The van der Waals surface area contributed by atoms with Crippen molar-refractivity contribution >= 4 is 0 Å². The van der Waals surface area contributed by atoms with E-state index in [4.69, 9.17) is 9.47 Å². The van der Waals surface area contributed by atoms with E-state index in [1.54, 1.807) is 14.2 Å². The molecule has 1 N–H and O–H groups in total. The summed E-state index contributed by atoms with van der Waals surface area (Å²) < 4.78 is 10.6. The average molecular weight is 284 g/mol. The molecule has 2 aromatic rings. The van der Waals surface area contributed by atoms with Gasteiger partial charge < -0.3 is 14.6 Å². The maximum absolute atomic E-state index is 10.6. The molecule has 3 rings (SSSR count). The van der Waals surface area contributed by atoms with Gasteiger partial charge in [0.25, 0.3) is 0 Å². The molecule has 0 amide bonds. The Kier molecular flexibility index (Phi) is 3.84. The molecule has 0 heterocycles. The largest absolute Gasteiger partial charge is 0.497 e. The summed E-state index contributed by atoms with van der Waals surface area (Å²) in [5, 5.41) is 10.6. The summed E-state index contributed by atoms with van der Waals surface area (Å²) in [6.07, 6.45) is 1.85. The van der Waals surface area contributed by atoms with Gasteiger partial charge in [0.2, 0.25) is 0 Å². The summed E-state index contributed by atoms with van der Waals surface area (Å²) in [7, 11) is 3.22. The minimum absolute atomic E-state index is 0.662. The van der Waals surface area contributed by atoms with Crippen molar-refractivity contribution < 1.29 is 14.6 Å². The Morgan fingerprint density at radius 2 is 1.71 bits per heavy atom. The van der Waals surface area contributed by atoms with Crippen LogP contribution in [0.5, 0.6) is 11.5 Å². The van der Waals surface area contributed by atoms with Crippen LogP contribution in [0.4, 0.5) is 0 Å². The van der Waals surface area contributed by atoms with Crippen molar-refractivity contribution in [3.05, 3.63) is 59.2 Å². The van der Waals surface area contributed by atoms with Gasteiger partial charge in [0.1, 0.15) is 17.6 Å². The Balaban J connectivity index is 1.90. The second-order valence-corrected chi connectivity index (χ2v) is 5.45. The first kappa shape index (κ1) is 14.0. The first-order valence-corrected chi connectivity index (χ1v) is 7.22. The Morgan fingerprint density at radius 1 is 1.00 bits per heavy atom. The van der Waals surface area contributed by atoms with Crippen molar-refractivity contribution in [2.45, 2.75) is 24.9 Å². The highest BCUT2D eigenvalue weighted by Gasteiger charge is 2.24. The van der Waals surface area contributed by atoms with E-state index in [9.17, 15) is 5.11 Å². The van der Waals surface area contributed by atoms with E-state index in [-0.39, 0.29) is 0 Å². The summed E-state index contributed by atoms with van der Waals surface area (Å²) in [6, 6.07) is 13.7. The molecule has 0 aromatic heterocycles. The Bertz CT molecular complexity index is 615. The zero-order valence-corrected chi connectivity index (χ0v) is 12.4. The summed E-state index contributed by atoms with van der Waals surface area (Å²) in [5.41, 5.74) is 2.95. The SMILES string of the molecule is COc1ccc(OC)c(C(O)c2ccc(C3CC3)cc2)c1. The molecule has 0 aliphatic heterocycles.